The van der Waals surface area contributed by atoms with Gasteiger partial charge in [0.1, 0.15) is 11.6 Å². The smallest absolute Gasteiger partial charge is 0.234 e. The van der Waals surface area contributed by atoms with Crippen molar-refractivity contribution in [2.75, 3.05) is 17.7 Å². The number of H-pyrrole nitrogens is 1. The molecule has 0 spiro atoms. The maximum absolute atomic E-state index is 13.3. The number of carbonyl (C=O) groups excluding carboxylic acids is 1. The summed E-state index contributed by atoms with van der Waals surface area (Å²) < 4.78 is 18.7. The molecule has 0 saturated heterocycles. The van der Waals surface area contributed by atoms with E-state index in [1.54, 1.807) is 13.0 Å². The summed E-state index contributed by atoms with van der Waals surface area (Å²) >= 11 is 1.24. The van der Waals surface area contributed by atoms with Crippen molar-refractivity contribution in [2.24, 2.45) is 0 Å². The summed E-state index contributed by atoms with van der Waals surface area (Å²) in [4.78, 5) is 15.1. The van der Waals surface area contributed by atoms with Crippen molar-refractivity contribution in [3.05, 3.63) is 53.8 Å². The highest BCUT2D eigenvalue weighted by molar-refractivity contribution is 7.99. The zero-order chi connectivity index (χ0) is 19.2. The number of rotatable bonds is 7. The van der Waals surface area contributed by atoms with Crippen molar-refractivity contribution >= 4 is 23.4 Å². The van der Waals surface area contributed by atoms with E-state index in [9.17, 15) is 9.18 Å². The first kappa shape index (κ1) is 18.9. The zero-order valence-corrected chi connectivity index (χ0v) is 15.8. The molecule has 1 aromatic heterocycles. The molecule has 8 heteroatoms. The number of halogens is 1. The van der Waals surface area contributed by atoms with Crippen LogP contribution in [0.1, 0.15) is 12.5 Å². The summed E-state index contributed by atoms with van der Waals surface area (Å²) in [6.45, 7) is 4.19. The van der Waals surface area contributed by atoms with Gasteiger partial charge >= 0.3 is 0 Å². The number of amides is 1. The third kappa shape index (κ3) is 5.07. The number of anilines is 1. The summed E-state index contributed by atoms with van der Waals surface area (Å²) in [5, 5.41) is 11.4. The minimum atomic E-state index is -0.300. The Kier molecular flexibility index (Phi) is 6.08. The molecule has 0 aliphatic rings. The maximum Gasteiger partial charge on any atom is 0.234 e. The van der Waals surface area contributed by atoms with E-state index in [0.29, 0.717) is 28.8 Å². The average molecular weight is 386 g/mol. The number of hydrogen-bond acceptors (Lipinski definition) is 5. The SMILES string of the molecule is CCOc1ccc(-c2nnc(SCC(=O)Nc3ccc(F)c(C)c3)[nH]2)cc1. The Morgan fingerprint density at radius 1 is 1.22 bits per heavy atom. The lowest BCUT2D eigenvalue weighted by Gasteiger charge is -2.05. The minimum absolute atomic E-state index is 0.161. The van der Waals surface area contributed by atoms with Gasteiger partial charge in [0.15, 0.2) is 11.0 Å². The molecule has 0 atom stereocenters. The van der Waals surface area contributed by atoms with Crippen LogP contribution >= 0.6 is 11.8 Å². The van der Waals surface area contributed by atoms with Gasteiger partial charge in [-0.1, -0.05) is 11.8 Å². The Morgan fingerprint density at radius 2 is 2.00 bits per heavy atom. The second-order valence-electron chi connectivity index (χ2n) is 5.74. The molecular formula is C19H19FN4O2S. The molecule has 3 rings (SSSR count). The quantitative estimate of drug-likeness (QED) is 0.599. The fourth-order valence-corrected chi connectivity index (χ4v) is 2.98. The Bertz CT molecular complexity index is 928. The average Bonchev–Trinajstić information content (AvgIpc) is 3.13. The first-order chi connectivity index (χ1) is 13.0. The fourth-order valence-electron chi connectivity index (χ4n) is 2.37. The monoisotopic (exact) mass is 386 g/mol. The van der Waals surface area contributed by atoms with E-state index in [1.807, 2.05) is 31.2 Å². The minimum Gasteiger partial charge on any atom is -0.494 e. The Morgan fingerprint density at radius 3 is 2.70 bits per heavy atom. The van der Waals surface area contributed by atoms with Crippen LogP contribution in [0.4, 0.5) is 10.1 Å². The molecular weight excluding hydrogens is 367 g/mol. The van der Waals surface area contributed by atoms with Crippen LogP contribution in [0, 0.1) is 12.7 Å². The molecule has 0 aliphatic carbocycles. The summed E-state index contributed by atoms with van der Waals surface area (Å²) in [5.41, 5.74) is 1.92. The first-order valence-electron chi connectivity index (χ1n) is 8.40. The van der Waals surface area contributed by atoms with Crippen LogP contribution in [-0.2, 0) is 4.79 Å². The fraction of sp³-hybridized carbons (Fsp3) is 0.211. The van der Waals surface area contributed by atoms with E-state index in [2.05, 4.69) is 20.5 Å². The van der Waals surface area contributed by atoms with E-state index < -0.39 is 0 Å². The number of nitrogens with zero attached hydrogens (tertiary/aromatic N) is 2. The van der Waals surface area contributed by atoms with Crippen LogP contribution in [0.15, 0.2) is 47.6 Å². The third-order valence-electron chi connectivity index (χ3n) is 3.69. The number of aromatic amines is 1. The van der Waals surface area contributed by atoms with E-state index in [-0.39, 0.29) is 17.5 Å². The molecule has 6 nitrogen and oxygen atoms in total. The van der Waals surface area contributed by atoms with Crippen LogP contribution in [0.25, 0.3) is 11.4 Å². The molecule has 2 aromatic carbocycles. The largest absolute Gasteiger partial charge is 0.494 e. The second-order valence-corrected chi connectivity index (χ2v) is 6.70. The summed E-state index contributed by atoms with van der Waals surface area (Å²) in [6.07, 6.45) is 0. The lowest BCUT2D eigenvalue weighted by molar-refractivity contribution is -0.113. The van der Waals surface area contributed by atoms with Gasteiger partial charge in [-0.25, -0.2) is 4.39 Å². The molecule has 0 aliphatic heterocycles. The van der Waals surface area contributed by atoms with Gasteiger partial charge in [0, 0.05) is 11.3 Å². The summed E-state index contributed by atoms with van der Waals surface area (Å²) in [6, 6.07) is 12.0. The lowest BCUT2D eigenvalue weighted by atomic mass is 10.2. The number of ether oxygens (including phenoxy) is 1. The standard InChI is InChI=1S/C19H19FN4O2S/c1-3-26-15-7-4-13(5-8-15)18-22-19(24-23-18)27-11-17(25)21-14-6-9-16(20)12(2)10-14/h4-10H,3,11H2,1-2H3,(H,21,25)(H,22,23,24). The van der Waals surface area contributed by atoms with Crippen LogP contribution in [0.5, 0.6) is 5.75 Å². The van der Waals surface area contributed by atoms with E-state index in [0.717, 1.165) is 11.3 Å². The number of hydrogen-bond donors (Lipinski definition) is 2. The van der Waals surface area contributed by atoms with Crippen molar-refractivity contribution in [1.82, 2.24) is 15.2 Å². The van der Waals surface area contributed by atoms with Crippen molar-refractivity contribution in [3.63, 3.8) is 0 Å². The lowest BCUT2D eigenvalue weighted by Crippen LogP contribution is -2.14. The molecule has 27 heavy (non-hydrogen) atoms. The molecule has 140 valence electrons. The Balaban J connectivity index is 1.55. The van der Waals surface area contributed by atoms with Crippen LogP contribution in [-0.4, -0.2) is 33.4 Å². The van der Waals surface area contributed by atoms with Crippen molar-refractivity contribution in [3.8, 4) is 17.1 Å². The molecule has 0 unspecified atom stereocenters. The predicted molar refractivity (Wildman–Crippen MR) is 103 cm³/mol. The van der Waals surface area contributed by atoms with Gasteiger partial charge in [-0.3, -0.25) is 4.79 Å². The van der Waals surface area contributed by atoms with Crippen LogP contribution in [0.2, 0.25) is 0 Å². The van der Waals surface area contributed by atoms with Crippen LogP contribution in [0.3, 0.4) is 0 Å². The number of aryl methyl sites for hydroxylation is 1. The number of nitrogens with one attached hydrogen (secondary N) is 2. The number of carbonyl (C=O) groups is 1. The van der Waals surface area contributed by atoms with E-state index >= 15 is 0 Å². The van der Waals surface area contributed by atoms with E-state index in [1.165, 1.54) is 23.9 Å². The van der Waals surface area contributed by atoms with Gasteiger partial charge in [0.25, 0.3) is 0 Å². The maximum atomic E-state index is 13.3. The number of aromatic nitrogens is 3. The van der Waals surface area contributed by atoms with Crippen molar-refractivity contribution in [2.45, 2.75) is 19.0 Å². The van der Waals surface area contributed by atoms with Gasteiger partial charge in [-0.2, -0.15) is 0 Å². The van der Waals surface area contributed by atoms with Crippen molar-refractivity contribution in [1.29, 1.82) is 0 Å². The molecule has 0 radical (unpaired) electrons. The van der Waals surface area contributed by atoms with Crippen molar-refractivity contribution < 1.29 is 13.9 Å². The number of thioether (sulfide) groups is 1. The zero-order valence-electron chi connectivity index (χ0n) is 15.0. The molecule has 1 heterocycles. The highest BCUT2D eigenvalue weighted by Gasteiger charge is 2.10. The Hall–Kier alpha value is -2.87. The van der Waals surface area contributed by atoms with E-state index in [4.69, 9.17) is 4.74 Å². The number of benzene rings is 2. The predicted octanol–water partition coefficient (Wildman–Crippen LogP) is 4.05. The summed E-state index contributed by atoms with van der Waals surface area (Å²) in [7, 11) is 0. The molecule has 3 aromatic rings. The highest BCUT2D eigenvalue weighted by Crippen LogP contribution is 2.22. The van der Waals surface area contributed by atoms with Gasteiger partial charge in [0.05, 0.1) is 12.4 Å². The summed E-state index contributed by atoms with van der Waals surface area (Å²) in [5.74, 6) is 1.07. The van der Waals surface area contributed by atoms with Gasteiger partial charge < -0.3 is 15.0 Å². The van der Waals surface area contributed by atoms with Gasteiger partial charge in [-0.15, -0.1) is 10.2 Å². The third-order valence-corrected chi connectivity index (χ3v) is 4.55. The molecule has 1 amide bonds. The normalized spacial score (nSPS) is 10.6. The van der Waals surface area contributed by atoms with Gasteiger partial charge in [-0.05, 0) is 61.9 Å². The van der Waals surface area contributed by atoms with Gasteiger partial charge in [0.2, 0.25) is 5.91 Å². The second kappa shape index (κ2) is 8.68. The van der Waals surface area contributed by atoms with Crippen LogP contribution < -0.4 is 10.1 Å². The first-order valence-corrected chi connectivity index (χ1v) is 9.38. The molecule has 2 N–H and O–H groups in total. The topological polar surface area (TPSA) is 79.9 Å². The molecule has 0 fully saturated rings. The molecule has 0 saturated carbocycles. The molecule has 0 bridgehead atoms. The Labute approximate surface area is 160 Å². The highest BCUT2D eigenvalue weighted by atomic mass is 32.2.